The monoisotopic (exact) mass is 216 g/mol. The van der Waals surface area contributed by atoms with Crippen LogP contribution in [0.5, 0.6) is 0 Å². The van der Waals surface area contributed by atoms with Crippen LogP contribution in [0.4, 0.5) is 6.01 Å². The average Bonchev–Trinajstić information content (AvgIpc) is 2.70. The molecule has 0 saturated carbocycles. The molecule has 1 N–H and O–H groups in total. The lowest BCUT2D eigenvalue weighted by atomic mass is 10.0. The maximum Gasteiger partial charge on any atom is 0.294 e. The van der Waals surface area contributed by atoms with E-state index in [4.69, 9.17) is 4.42 Å². The van der Waals surface area contributed by atoms with Crippen LogP contribution in [0.1, 0.15) is 22.5 Å². The lowest BCUT2D eigenvalue weighted by Crippen LogP contribution is -1.91. The van der Waals surface area contributed by atoms with E-state index in [1.165, 1.54) is 16.7 Å². The van der Waals surface area contributed by atoms with Crippen LogP contribution in [0.15, 0.2) is 28.8 Å². The Hall–Kier alpha value is -1.77. The molecule has 0 spiro atoms. The summed E-state index contributed by atoms with van der Waals surface area (Å²) in [4.78, 5) is 4.10. The molecular formula is C13H16N2O. The van der Waals surface area contributed by atoms with Crippen LogP contribution in [-0.2, 0) is 6.42 Å². The zero-order valence-corrected chi connectivity index (χ0v) is 9.87. The van der Waals surface area contributed by atoms with Crippen molar-refractivity contribution in [1.29, 1.82) is 0 Å². The first kappa shape index (κ1) is 10.7. The Morgan fingerprint density at radius 3 is 2.75 bits per heavy atom. The molecule has 3 nitrogen and oxygen atoms in total. The summed E-state index contributed by atoms with van der Waals surface area (Å²) >= 11 is 0. The van der Waals surface area contributed by atoms with Crippen molar-refractivity contribution >= 4 is 6.01 Å². The summed E-state index contributed by atoms with van der Waals surface area (Å²) < 4.78 is 5.50. The van der Waals surface area contributed by atoms with Crippen molar-refractivity contribution in [1.82, 2.24) is 4.98 Å². The summed E-state index contributed by atoms with van der Waals surface area (Å²) in [7, 11) is 1.80. The predicted octanol–water partition coefficient (Wildman–Crippen LogP) is 2.92. The lowest BCUT2D eigenvalue weighted by molar-refractivity contribution is 0.530. The predicted molar refractivity (Wildman–Crippen MR) is 64.8 cm³/mol. The van der Waals surface area contributed by atoms with Crippen molar-refractivity contribution < 1.29 is 4.42 Å². The van der Waals surface area contributed by atoms with Crippen LogP contribution < -0.4 is 5.32 Å². The Kier molecular flexibility index (Phi) is 2.95. The van der Waals surface area contributed by atoms with Gasteiger partial charge in [0.05, 0.1) is 6.20 Å². The number of anilines is 1. The highest BCUT2D eigenvalue weighted by Gasteiger charge is 2.05. The first-order valence-corrected chi connectivity index (χ1v) is 5.37. The second-order valence-corrected chi connectivity index (χ2v) is 3.99. The van der Waals surface area contributed by atoms with Crippen molar-refractivity contribution in [3.05, 3.63) is 46.8 Å². The maximum atomic E-state index is 5.50. The Morgan fingerprint density at radius 1 is 1.31 bits per heavy atom. The van der Waals surface area contributed by atoms with Gasteiger partial charge in [0.25, 0.3) is 6.01 Å². The van der Waals surface area contributed by atoms with E-state index in [0.29, 0.717) is 6.01 Å². The van der Waals surface area contributed by atoms with Crippen LogP contribution >= 0.6 is 0 Å². The molecule has 1 aromatic carbocycles. The minimum Gasteiger partial charge on any atom is -0.428 e. The van der Waals surface area contributed by atoms with E-state index in [-0.39, 0.29) is 0 Å². The molecular weight excluding hydrogens is 200 g/mol. The lowest BCUT2D eigenvalue weighted by Gasteiger charge is -2.04. The molecule has 1 heterocycles. The van der Waals surface area contributed by atoms with Crippen molar-refractivity contribution in [3.8, 4) is 0 Å². The minimum absolute atomic E-state index is 0.569. The normalized spacial score (nSPS) is 10.4. The molecule has 0 aliphatic heterocycles. The topological polar surface area (TPSA) is 38.1 Å². The number of aromatic nitrogens is 1. The van der Waals surface area contributed by atoms with Gasteiger partial charge in [-0.2, -0.15) is 0 Å². The number of oxazole rings is 1. The van der Waals surface area contributed by atoms with Crippen LogP contribution in [0.3, 0.4) is 0 Å². The Morgan fingerprint density at radius 2 is 2.12 bits per heavy atom. The maximum absolute atomic E-state index is 5.50. The van der Waals surface area contributed by atoms with E-state index in [9.17, 15) is 0 Å². The fourth-order valence-electron chi connectivity index (χ4n) is 1.74. The zero-order chi connectivity index (χ0) is 11.5. The van der Waals surface area contributed by atoms with Crippen molar-refractivity contribution in [2.75, 3.05) is 12.4 Å². The third-order valence-corrected chi connectivity index (χ3v) is 2.63. The van der Waals surface area contributed by atoms with E-state index in [0.717, 1.165) is 12.2 Å². The van der Waals surface area contributed by atoms with Crippen LogP contribution in [0.2, 0.25) is 0 Å². The molecule has 0 aliphatic rings. The van der Waals surface area contributed by atoms with Gasteiger partial charge in [-0.05, 0) is 25.0 Å². The summed E-state index contributed by atoms with van der Waals surface area (Å²) in [5, 5.41) is 2.88. The number of nitrogens with zero attached hydrogens (tertiary/aromatic N) is 1. The smallest absolute Gasteiger partial charge is 0.294 e. The van der Waals surface area contributed by atoms with E-state index >= 15 is 0 Å². The molecule has 0 unspecified atom stereocenters. The molecule has 0 amide bonds. The average molecular weight is 216 g/mol. The van der Waals surface area contributed by atoms with Crippen LogP contribution in [-0.4, -0.2) is 12.0 Å². The van der Waals surface area contributed by atoms with Crippen LogP contribution in [0.25, 0.3) is 0 Å². The molecule has 1 aromatic heterocycles. The van der Waals surface area contributed by atoms with Crippen molar-refractivity contribution in [2.24, 2.45) is 0 Å². The highest BCUT2D eigenvalue weighted by molar-refractivity contribution is 5.33. The minimum atomic E-state index is 0.569. The molecule has 0 atom stereocenters. The van der Waals surface area contributed by atoms with E-state index in [2.05, 4.69) is 42.3 Å². The third-order valence-electron chi connectivity index (χ3n) is 2.63. The number of aryl methyl sites for hydroxylation is 2. The van der Waals surface area contributed by atoms with Gasteiger partial charge in [-0.1, -0.05) is 23.8 Å². The Balaban J connectivity index is 2.20. The first-order valence-electron chi connectivity index (χ1n) is 5.37. The molecule has 2 rings (SSSR count). The summed E-state index contributed by atoms with van der Waals surface area (Å²) in [5.41, 5.74) is 3.86. The van der Waals surface area contributed by atoms with Gasteiger partial charge in [0.2, 0.25) is 0 Å². The quantitative estimate of drug-likeness (QED) is 0.857. The summed E-state index contributed by atoms with van der Waals surface area (Å²) in [6.07, 6.45) is 2.56. The molecule has 0 saturated heterocycles. The van der Waals surface area contributed by atoms with Gasteiger partial charge in [-0.15, -0.1) is 0 Å². The third kappa shape index (κ3) is 2.24. The van der Waals surface area contributed by atoms with Gasteiger partial charge in [0, 0.05) is 13.5 Å². The Labute approximate surface area is 95.5 Å². The van der Waals surface area contributed by atoms with E-state index in [1.807, 2.05) is 0 Å². The number of hydrogen-bond acceptors (Lipinski definition) is 3. The van der Waals surface area contributed by atoms with Gasteiger partial charge in [0.15, 0.2) is 0 Å². The standard InChI is InChI=1S/C13H16N2O/c1-9-4-5-11(10(2)6-9)7-12-8-15-13(14-3)16-12/h4-6,8H,7H2,1-3H3,(H,14,15). The van der Waals surface area contributed by atoms with Gasteiger partial charge < -0.3 is 9.73 Å². The summed E-state index contributed by atoms with van der Waals surface area (Å²) in [6.45, 7) is 4.22. The molecule has 3 heteroatoms. The molecule has 0 radical (unpaired) electrons. The molecule has 84 valence electrons. The Bertz CT molecular complexity index is 488. The van der Waals surface area contributed by atoms with Gasteiger partial charge in [0.1, 0.15) is 5.76 Å². The zero-order valence-electron chi connectivity index (χ0n) is 9.87. The summed E-state index contributed by atoms with van der Waals surface area (Å²) in [6, 6.07) is 7.02. The van der Waals surface area contributed by atoms with Crippen LogP contribution in [0, 0.1) is 13.8 Å². The van der Waals surface area contributed by atoms with E-state index in [1.54, 1.807) is 13.2 Å². The van der Waals surface area contributed by atoms with Gasteiger partial charge in [-0.3, -0.25) is 0 Å². The second-order valence-electron chi connectivity index (χ2n) is 3.99. The summed E-state index contributed by atoms with van der Waals surface area (Å²) in [5.74, 6) is 0.885. The molecule has 0 bridgehead atoms. The largest absolute Gasteiger partial charge is 0.428 e. The number of hydrogen-bond donors (Lipinski definition) is 1. The SMILES string of the molecule is CNc1ncc(Cc2ccc(C)cc2C)o1. The van der Waals surface area contributed by atoms with Gasteiger partial charge >= 0.3 is 0 Å². The molecule has 0 fully saturated rings. The highest BCUT2D eigenvalue weighted by atomic mass is 16.4. The number of benzene rings is 1. The second kappa shape index (κ2) is 4.39. The van der Waals surface area contributed by atoms with Crippen molar-refractivity contribution in [3.63, 3.8) is 0 Å². The molecule has 0 aliphatic carbocycles. The first-order chi connectivity index (χ1) is 7.69. The number of nitrogens with one attached hydrogen (secondary N) is 1. The van der Waals surface area contributed by atoms with E-state index < -0.39 is 0 Å². The highest BCUT2D eigenvalue weighted by Crippen LogP contribution is 2.17. The fourth-order valence-corrected chi connectivity index (χ4v) is 1.74. The fraction of sp³-hybridized carbons (Fsp3) is 0.308. The molecule has 16 heavy (non-hydrogen) atoms. The van der Waals surface area contributed by atoms with Crippen molar-refractivity contribution in [2.45, 2.75) is 20.3 Å². The molecule has 2 aromatic rings. The van der Waals surface area contributed by atoms with Gasteiger partial charge in [-0.25, -0.2) is 4.98 Å². The number of rotatable bonds is 3.